The van der Waals surface area contributed by atoms with E-state index in [1.165, 1.54) is 0 Å². The van der Waals surface area contributed by atoms with Crippen LogP contribution in [0.25, 0.3) is 11.1 Å². The fraction of sp³-hybridized carbons (Fsp3) is 0.409. The SMILES string of the molecule is CC(Oc1ccc(-c2ccccc2)cc1)C(=O)N1CCC(N)C(C)(C)C1. The van der Waals surface area contributed by atoms with Crippen LogP contribution in [0.1, 0.15) is 27.2 Å². The first-order valence-corrected chi connectivity index (χ1v) is 9.23. The summed E-state index contributed by atoms with van der Waals surface area (Å²) in [5.41, 5.74) is 8.39. The molecular weight excluding hydrogens is 324 g/mol. The molecule has 1 aliphatic heterocycles. The van der Waals surface area contributed by atoms with Crippen LogP contribution in [0.5, 0.6) is 5.75 Å². The summed E-state index contributed by atoms with van der Waals surface area (Å²) in [6, 6.07) is 18.2. The first kappa shape index (κ1) is 18.5. The topological polar surface area (TPSA) is 55.6 Å². The molecule has 1 aliphatic rings. The highest BCUT2D eigenvalue weighted by Gasteiger charge is 2.36. The average Bonchev–Trinajstić information content (AvgIpc) is 2.64. The molecule has 0 radical (unpaired) electrons. The molecule has 138 valence electrons. The molecular formula is C22H28N2O2. The number of carbonyl (C=O) groups excluding carboxylic acids is 1. The number of hydrogen-bond donors (Lipinski definition) is 1. The highest BCUT2D eigenvalue weighted by molar-refractivity contribution is 5.81. The van der Waals surface area contributed by atoms with Crippen molar-refractivity contribution in [2.45, 2.75) is 39.3 Å². The molecule has 2 unspecified atom stereocenters. The van der Waals surface area contributed by atoms with Crippen LogP contribution in [-0.2, 0) is 4.79 Å². The number of hydrogen-bond acceptors (Lipinski definition) is 3. The highest BCUT2D eigenvalue weighted by atomic mass is 16.5. The van der Waals surface area contributed by atoms with Crippen LogP contribution < -0.4 is 10.5 Å². The van der Waals surface area contributed by atoms with Gasteiger partial charge in [-0.1, -0.05) is 56.3 Å². The molecule has 2 aromatic rings. The molecule has 0 spiro atoms. The fourth-order valence-corrected chi connectivity index (χ4v) is 3.43. The Hall–Kier alpha value is -2.33. The van der Waals surface area contributed by atoms with Crippen LogP contribution in [0.3, 0.4) is 0 Å². The van der Waals surface area contributed by atoms with Crippen molar-refractivity contribution in [3.05, 3.63) is 54.6 Å². The molecule has 2 atom stereocenters. The van der Waals surface area contributed by atoms with E-state index in [0.29, 0.717) is 18.8 Å². The highest BCUT2D eigenvalue weighted by Crippen LogP contribution is 2.28. The third kappa shape index (κ3) is 4.07. The van der Waals surface area contributed by atoms with Crippen molar-refractivity contribution in [1.29, 1.82) is 0 Å². The van der Waals surface area contributed by atoms with E-state index >= 15 is 0 Å². The summed E-state index contributed by atoms with van der Waals surface area (Å²) < 4.78 is 5.89. The lowest BCUT2D eigenvalue weighted by atomic mass is 9.79. The summed E-state index contributed by atoms with van der Waals surface area (Å²) in [5, 5.41) is 0. The van der Waals surface area contributed by atoms with Gasteiger partial charge in [0, 0.05) is 19.1 Å². The number of ether oxygens (including phenoxy) is 1. The van der Waals surface area contributed by atoms with Gasteiger partial charge in [0.05, 0.1) is 0 Å². The van der Waals surface area contributed by atoms with Crippen molar-refractivity contribution >= 4 is 5.91 Å². The first-order valence-electron chi connectivity index (χ1n) is 9.23. The monoisotopic (exact) mass is 352 g/mol. The van der Waals surface area contributed by atoms with Gasteiger partial charge in [-0.05, 0) is 42.0 Å². The van der Waals surface area contributed by atoms with Gasteiger partial charge in [0.1, 0.15) is 5.75 Å². The van der Waals surface area contributed by atoms with Gasteiger partial charge in [0.25, 0.3) is 5.91 Å². The van der Waals surface area contributed by atoms with Gasteiger partial charge in [-0.15, -0.1) is 0 Å². The van der Waals surface area contributed by atoms with Gasteiger partial charge < -0.3 is 15.4 Å². The van der Waals surface area contributed by atoms with Crippen molar-refractivity contribution in [2.24, 2.45) is 11.1 Å². The van der Waals surface area contributed by atoms with Crippen LogP contribution in [-0.4, -0.2) is 36.0 Å². The Labute approximate surface area is 156 Å². The van der Waals surface area contributed by atoms with Crippen LogP contribution in [0, 0.1) is 5.41 Å². The lowest BCUT2D eigenvalue weighted by Crippen LogP contribution is -2.56. The van der Waals surface area contributed by atoms with E-state index in [1.54, 1.807) is 0 Å². The smallest absolute Gasteiger partial charge is 0.263 e. The summed E-state index contributed by atoms with van der Waals surface area (Å²) in [6.07, 6.45) is 0.319. The normalized spacial score (nSPS) is 20.5. The first-order chi connectivity index (χ1) is 12.4. The summed E-state index contributed by atoms with van der Waals surface area (Å²) in [4.78, 5) is 14.6. The number of nitrogens with zero attached hydrogens (tertiary/aromatic N) is 1. The second-order valence-corrected chi connectivity index (χ2v) is 7.79. The van der Waals surface area contributed by atoms with E-state index in [2.05, 4.69) is 26.0 Å². The number of carbonyl (C=O) groups is 1. The van der Waals surface area contributed by atoms with E-state index in [4.69, 9.17) is 10.5 Å². The molecule has 0 aliphatic carbocycles. The van der Waals surface area contributed by atoms with Crippen molar-refractivity contribution in [1.82, 2.24) is 4.90 Å². The molecule has 1 fully saturated rings. The molecule has 4 heteroatoms. The molecule has 2 aromatic carbocycles. The molecule has 0 saturated carbocycles. The fourth-order valence-electron chi connectivity index (χ4n) is 3.43. The molecule has 4 nitrogen and oxygen atoms in total. The molecule has 1 amide bonds. The summed E-state index contributed by atoms with van der Waals surface area (Å²) in [6.45, 7) is 7.42. The standard InChI is InChI=1S/C22H28N2O2/c1-16(21(25)24-14-13-20(23)22(2,3)15-24)26-19-11-9-18(10-12-19)17-7-5-4-6-8-17/h4-12,16,20H,13-15,23H2,1-3H3. The van der Waals surface area contributed by atoms with Gasteiger partial charge in [0.15, 0.2) is 6.10 Å². The Morgan fingerprint density at radius 3 is 2.35 bits per heavy atom. The molecule has 0 bridgehead atoms. The lowest BCUT2D eigenvalue weighted by Gasteiger charge is -2.43. The maximum Gasteiger partial charge on any atom is 0.263 e. The van der Waals surface area contributed by atoms with Crippen LogP contribution in [0.4, 0.5) is 0 Å². The van der Waals surface area contributed by atoms with Gasteiger partial charge in [-0.25, -0.2) is 0 Å². The molecule has 2 N–H and O–H groups in total. The number of benzene rings is 2. The van der Waals surface area contributed by atoms with E-state index < -0.39 is 6.10 Å². The Balaban J connectivity index is 1.62. The van der Waals surface area contributed by atoms with E-state index in [9.17, 15) is 4.79 Å². The van der Waals surface area contributed by atoms with Crippen molar-refractivity contribution in [2.75, 3.05) is 13.1 Å². The minimum absolute atomic E-state index is 0.0251. The number of amides is 1. The quantitative estimate of drug-likeness (QED) is 0.913. The third-order valence-corrected chi connectivity index (χ3v) is 5.25. The lowest BCUT2D eigenvalue weighted by molar-refractivity contribution is -0.141. The molecule has 1 saturated heterocycles. The predicted molar refractivity (Wildman–Crippen MR) is 105 cm³/mol. The maximum absolute atomic E-state index is 12.7. The van der Waals surface area contributed by atoms with Crippen molar-refractivity contribution < 1.29 is 9.53 Å². The van der Waals surface area contributed by atoms with Gasteiger partial charge in [-0.2, -0.15) is 0 Å². The Kier molecular flexibility index (Phi) is 5.33. The van der Waals surface area contributed by atoms with E-state index in [1.807, 2.05) is 54.3 Å². The predicted octanol–water partition coefficient (Wildman–Crippen LogP) is 3.71. The minimum Gasteiger partial charge on any atom is -0.481 e. The number of rotatable bonds is 4. The zero-order valence-corrected chi connectivity index (χ0v) is 15.8. The number of likely N-dealkylation sites (tertiary alicyclic amines) is 1. The van der Waals surface area contributed by atoms with E-state index in [-0.39, 0.29) is 17.4 Å². The zero-order valence-electron chi connectivity index (χ0n) is 15.8. The third-order valence-electron chi connectivity index (χ3n) is 5.25. The van der Waals surface area contributed by atoms with Crippen LogP contribution >= 0.6 is 0 Å². The maximum atomic E-state index is 12.7. The number of nitrogens with two attached hydrogens (primary N) is 1. The van der Waals surface area contributed by atoms with Gasteiger partial charge >= 0.3 is 0 Å². The van der Waals surface area contributed by atoms with Crippen molar-refractivity contribution in [3.63, 3.8) is 0 Å². The summed E-state index contributed by atoms with van der Waals surface area (Å²) in [5.74, 6) is 0.732. The average molecular weight is 352 g/mol. The van der Waals surface area contributed by atoms with Gasteiger partial charge in [-0.3, -0.25) is 4.79 Å². The molecule has 1 heterocycles. The Bertz CT molecular complexity index is 740. The zero-order chi connectivity index (χ0) is 18.7. The molecule has 26 heavy (non-hydrogen) atoms. The Morgan fingerprint density at radius 2 is 1.73 bits per heavy atom. The largest absolute Gasteiger partial charge is 0.481 e. The van der Waals surface area contributed by atoms with Crippen LogP contribution in [0.2, 0.25) is 0 Å². The number of piperidine rings is 1. The second-order valence-electron chi connectivity index (χ2n) is 7.79. The molecule has 3 rings (SSSR count). The van der Waals surface area contributed by atoms with Crippen molar-refractivity contribution in [3.8, 4) is 16.9 Å². The molecule has 0 aromatic heterocycles. The van der Waals surface area contributed by atoms with Crippen LogP contribution in [0.15, 0.2) is 54.6 Å². The van der Waals surface area contributed by atoms with E-state index in [0.717, 1.165) is 17.5 Å². The van der Waals surface area contributed by atoms with Gasteiger partial charge in [0.2, 0.25) is 0 Å². The minimum atomic E-state index is -0.511. The summed E-state index contributed by atoms with van der Waals surface area (Å²) >= 11 is 0. The summed E-state index contributed by atoms with van der Waals surface area (Å²) in [7, 11) is 0. The second kappa shape index (κ2) is 7.50. The Morgan fingerprint density at radius 1 is 1.12 bits per heavy atom.